The fraction of sp³-hybridized carbons (Fsp3) is 0.167. The molecule has 0 aliphatic carbocycles. The van der Waals surface area contributed by atoms with Crippen molar-refractivity contribution in [1.29, 1.82) is 0 Å². The number of halogens is 2. The van der Waals surface area contributed by atoms with Crippen molar-refractivity contribution in [2.45, 2.75) is 19.6 Å². The van der Waals surface area contributed by atoms with Gasteiger partial charge >= 0.3 is 6.61 Å². The van der Waals surface area contributed by atoms with Crippen LogP contribution in [-0.4, -0.2) is 22.5 Å². The van der Waals surface area contributed by atoms with E-state index in [4.69, 9.17) is 0 Å². The highest BCUT2D eigenvalue weighted by Crippen LogP contribution is 2.21. The molecule has 0 aliphatic heterocycles. The van der Waals surface area contributed by atoms with Gasteiger partial charge in [0.1, 0.15) is 5.75 Å². The van der Waals surface area contributed by atoms with Crippen LogP contribution >= 0.6 is 0 Å². The topological polar surface area (TPSA) is 64.1 Å². The molecule has 0 aliphatic rings. The Labute approximate surface area is 142 Å². The average molecular weight is 343 g/mol. The van der Waals surface area contributed by atoms with E-state index in [2.05, 4.69) is 20.0 Å². The molecule has 3 rings (SSSR count). The number of nitrogens with one attached hydrogen (secondary N) is 1. The van der Waals surface area contributed by atoms with Gasteiger partial charge in [0.05, 0.1) is 17.1 Å². The minimum atomic E-state index is -2.89. The minimum Gasteiger partial charge on any atom is -0.435 e. The summed E-state index contributed by atoms with van der Waals surface area (Å²) < 4.78 is 29.0. The maximum atomic E-state index is 12.4. The SMILES string of the molecule is CC(NC(=O)c1ccc2nccnc2c1)c1cccc(OC(F)F)c1. The molecule has 1 unspecified atom stereocenters. The number of rotatable bonds is 5. The third-order valence-corrected chi connectivity index (χ3v) is 3.66. The summed E-state index contributed by atoms with van der Waals surface area (Å²) in [5.41, 5.74) is 2.42. The highest BCUT2D eigenvalue weighted by atomic mass is 19.3. The lowest BCUT2D eigenvalue weighted by molar-refractivity contribution is -0.0499. The largest absolute Gasteiger partial charge is 0.435 e. The second-order valence-electron chi connectivity index (χ2n) is 5.41. The maximum Gasteiger partial charge on any atom is 0.387 e. The molecule has 0 spiro atoms. The van der Waals surface area contributed by atoms with E-state index in [0.29, 0.717) is 22.2 Å². The molecule has 0 saturated heterocycles. The molecule has 128 valence electrons. The molecule has 1 atom stereocenters. The molecule has 2 aromatic carbocycles. The highest BCUT2D eigenvalue weighted by molar-refractivity contribution is 5.97. The summed E-state index contributed by atoms with van der Waals surface area (Å²) in [5, 5.41) is 2.83. The number of carbonyl (C=O) groups excluding carboxylic acids is 1. The second kappa shape index (κ2) is 7.21. The summed E-state index contributed by atoms with van der Waals surface area (Å²) in [6.45, 7) is -1.13. The van der Waals surface area contributed by atoms with E-state index in [9.17, 15) is 13.6 Å². The van der Waals surface area contributed by atoms with Crippen LogP contribution in [-0.2, 0) is 0 Å². The van der Waals surface area contributed by atoms with Gasteiger partial charge in [-0.15, -0.1) is 0 Å². The first-order chi connectivity index (χ1) is 12.0. The quantitative estimate of drug-likeness (QED) is 0.767. The zero-order valence-corrected chi connectivity index (χ0v) is 13.3. The van der Waals surface area contributed by atoms with Gasteiger partial charge in [0, 0.05) is 18.0 Å². The molecule has 1 N–H and O–H groups in total. The number of alkyl halides is 2. The number of benzene rings is 2. The van der Waals surface area contributed by atoms with Crippen molar-refractivity contribution in [2.75, 3.05) is 0 Å². The van der Waals surface area contributed by atoms with Crippen LogP contribution in [0.2, 0.25) is 0 Å². The molecule has 0 saturated carbocycles. The van der Waals surface area contributed by atoms with Gasteiger partial charge in [0.25, 0.3) is 5.91 Å². The predicted octanol–water partition coefficient (Wildman–Crippen LogP) is 3.72. The first kappa shape index (κ1) is 16.8. The summed E-state index contributed by atoms with van der Waals surface area (Å²) in [6.07, 6.45) is 3.14. The van der Waals surface area contributed by atoms with Crippen LogP contribution in [0.5, 0.6) is 5.75 Å². The summed E-state index contributed by atoms with van der Waals surface area (Å²) in [4.78, 5) is 20.7. The Balaban J connectivity index is 1.75. The number of hydrogen-bond donors (Lipinski definition) is 1. The van der Waals surface area contributed by atoms with Crippen LogP contribution in [0.15, 0.2) is 54.9 Å². The van der Waals surface area contributed by atoms with Gasteiger partial charge in [-0.1, -0.05) is 12.1 Å². The summed E-state index contributed by atoms with van der Waals surface area (Å²) >= 11 is 0. The van der Waals surface area contributed by atoms with Crippen LogP contribution in [0.4, 0.5) is 8.78 Å². The van der Waals surface area contributed by atoms with E-state index in [1.165, 1.54) is 12.1 Å². The lowest BCUT2D eigenvalue weighted by Gasteiger charge is -2.15. The second-order valence-corrected chi connectivity index (χ2v) is 5.41. The van der Waals surface area contributed by atoms with Crippen LogP contribution in [0.25, 0.3) is 11.0 Å². The van der Waals surface area contributed by atoms with Crippen molar-refractivity contribution in [3.63, 3.8) is 0 Å². The Kier molecular flexibility index (Phi) is 4.83. The first-order valence-electron chi connectivity index (χ1n) is 7.59. The zero-order chi connectivity index (χ0) is 17.8. The van der Waals surface area contributed by atoms with Crippen molar-refractivity contribution >= 4 is 16.9 Å². The van der Waals surface area contributed by atoms with Gasteiger partial charge in [0.2, 0.25) is 0 Å². The molecule has 1 aromatic heterocycles. The third kappa shape index (κ3) is 4.06. The number of aromatic nitrogens is 2. The molecule has 3 aromatic rings. The van der Waals surface area contributed by atoms with Crippen molar-refractivity contribution in [3.8, 4) is 5.75 Å². The number of fused-ring (bicyclic) bond motifs is 1. The smallest absolute Gasteiger partial charge is 0.387 e. The van der Waals surface area contributed by atoms with Gasteiger partial charge in [-0.25, -0.2) is 0 Å². The molecular formula is C18H15F2N3O2. The van der Waals surface area contributed by atoms with Crippen LogP contribution in [0.3, 0.4) is 0 Å². The summed E-state index contributed by atoms with van der Waals surface area (Å²) in [6, 6.07) is 10.9. The highest BCUT2D eigenvalue weighted by Gasteiger charge is 2.14. The number of carbonyl (C=O) groups is 1. The fourth-order valence-electron chi connectivity index (χ4n) is 2.43. The Bertz CT molecular complexity index is 902. The number of hydrogen-bond acceptors (Lipinski definition) is 4. The van der Waals surface area contributed by atoms with Crippen molar-refractivity contribution in [3.05, 3.63) is 66.0 Å². The number of amides is 1. The summed E-state index contributed by atoms with van der Waals surface area (Å²) in [7, 11) is 0. The first-order valence-corrected chi connectivity index (χ1v) is 7.59. The van der Waals surface area contributed by atoms with E-state index >= 15 is 0 Å². The molecule has 5 nitrogen and oxygen atoms in total. The molecule has 1 amide bonds. The Hall–Kier alpha value is -3.09. The van der Waals surface area contributed by atoms with Crippen molar-refractivity contribution in [1.82, 2.24) is 15.3 Å². The van der Waals surface area contributed by atoms with E-state index in [1.807, 2.05) is 0 Å². The van der Waals surface area contributed by atoms with E-state index in [1.54, 1.807) is 49.6 Å². The third-order valence-electron chi connectivity index (χ3n) is 3.66. The molecule has 1 heterocycles. The lowest BCUT2D eigenvalue weighted by atomic mass is 10.1. The van der Waals surface area contributed by atoms with E-state index < -0.39 is 6.61 Å². The molecule has 0 fully saturated rings. The standard InChI is InChI=1S/C18H15F2N3O2/c1-11(12-3-2-4-14(9-12)25-18(19)20)23-17(24)13-5-6-15-16(10-13)22-8-7-21-15/h2-11,18H,1H3,(H,23,24). The summed E-state index contributed by atoms with van der Waals surface area (Å²) in [5.74, 6) is -0.241. The Morgan fingerprint density at radius 2 is 1.84 bits per heavy atom. The van der Waals surface area contributed by atoms with Crippen LogP contribution in [0.1, 0.15) is 28.9 Å². The molecule has 7 heteroatoms. The molecule has 0 bridgehead atoms. The van der Waals surface area contributed by atoms with Gasteiger partial charge < -0.3 is 10.1 Å². The Morgan fingerprint density at radius 3 is 2.60 bits per heavy atom. The molecule has 0 radical (unpaired) electrons. The normalized spacial score (nSPS) is 12.2. The molecular weight excluding hydrogens is 328 g/mol. The lowest BCUT2D eigenvalue weighted by Crippen LogP contribution is -2.26. The number of ether oxygens (including phenoxy) is 1. The zero-order valence-electron chi connectivity index (χ0n) is 13.3. The minimum absolute atomic E-state index is 0.0505. The predicted molar refractivity (Wildman–Crippen MR) is 88.5 cm³/mol. The van der Waals surface area contributed by atoms with Crippen LogP contribution < -0.4 is 10.1 Å². The van der Waals surface area contributed by atoms with Crippen molar-refractivity contribution in [2.24, 2.45) is 0 Å². The Morgan fingerprint density at radius 1 is 1.08 bits per heavy atom. The number of nitrogens with zero attached hydrogens (tertiary/aromatic N) is 2. The average Bonchev–Trinajstić information content (AvgIpc) is 2.61. The van der Waals surface area contributed by atoms with Gasteiger partial charge in [-0.2, -0.15) is 8.78 Å². The van der Waals surface area contributed by atoms with Gasteiger partial charge in [0.15, 0.2) is 0 Å². The maximum absolute atomic E-state index is 12.4. The van der Waals surface area contributed by atoms with E-state index in [-0.39, 0.29) is 17.7 Å². The van der Waals surface area contributed by atoms with E-state index in [0.717, 1.165) is 0 Å². The van der Waals surface area contributed by atoms with Gasteiger partial charge in [-0.05, 0) is 42.8 Å². The molecule has 25 heavy (non-hydrogen) atoms. The fourth-order valence-corrected chi connectivity index (χ4v) is 2.43. The van der Waals surface area contributed by atoms with Gasteiger partial charge in [-0.3, -0.25) is 14.8 Å². The van der Waals surface area contributed by atoms with Crippen molar-refractivity contribution < 1.29 is 18.3 Å². The van der Waals surface area contributed by atoms with Crippen LogP contribution in [0, 0.1) is 0 Å². The monoisotopic (exact) mass is 343 g/mol.